The van der Waals surface area contributed by atoms with Gasteiger partial charge in [-0.1, -0.05) is 50.6 Å². The van der Waals surface area contributed by atoms with Crippen molar-refractivity contribution in [3.05, 3.63) is 34.9 Å². The monoisotopic (exact) mass is 368 g/mol. The zero-order chi connectivity index (χ0) is 18.0. The van der Waals surface area contributed by atoms with Crippen molar-refractivity contribution < 1.29 is 23.7 Å². The highest BCUT2D eigenvalue weighted by atomic mass is 35.5. The van der Waals surface area contributed by atoms with Gasteiger partial charge in [0.2, 0.25) is 0 Å². The Labute approximate surface area is 153 Å². The van der Waals surface area contributed by atoms with E-state index in [1.807, 2.05) is 45.0 Å². The minimum atomic E-state index is -0.662. The molecule has 2 fully saturated rings. The highest BCUT2D eigenvalue weighted by Gasteiger charge is 2.55. The molecule has 1 aromatic carbocycles. The predicted molar refractivity (Wildman–Crippen MR) is 93.2 cm³/mol. The molecule has 2 aliphatic rings. The summed E-state index contributed by atoms with van der Waals surface area (Å²) in [5.74, 6) is 0.220. The Kier molecular flexibility index (Phi) is 6.12. The number of ether oxygens (including phenoxy) is 4. The predicted octanol–water partition coefficient (Wildman–Crippen LogP) is 3.72. The quantitative estimate of drug-likeness (QED) is 0.734. The molecule has 0 radical (unpaired) electrons. The van der Waals surface area contributed by atoms with Crippen LogP contribution in [0.15, 0.2) is 24.3 Å². The molecule has 2 heterocycles. The molecule has 2 saturated heterocycles. The molecular weight excluding hydrogens is 344 g/mol. The van der Waals surface area contributed by atoms with Crippen molar-refractivity contribution in [2.45, 2.75) is 71.1 Å². The van der Waals surface area contributed by atoms with Gasteiger partial charge in [-0.3, -0.25) is 4.79 Å². The average molecular weight is 369 g/mol. The van der Waals surface area contributed by atoms with Crippen LogP contribution in [0, 0.1) is 5.92 Å². The number of hydrogen-bond donors (Lipinski definition) is 0. The maximum Gasteiger partial charge on any atom is 0.190 e. The third-order valence-electron chi connectivity index (χ3n) is 4.48. The summed E-state index contributed by atoms with van der Waals surface area (Å²) in [4.78, 5) is 12.4. The number of carbonyl (C=O) groups excluding carboxylic acids is 1. The molecular formula is C19H25ClO5. The third kappa shape index (κ3) is 4.07. The molecule has 0 bridgehead atoms. The van der Waals surface area contributed by atoms with E-state index in [1.165, 1.54) is 0 Å². The van der Waals surface area contributed by atoms with Crippen molar-refractivity contribution in [3.8, 4) is 0 Å². The number of carbonyl (C=O) groups is 1. The number of halogens is 1. The van der Waals surface area contributed by atoms with Gasteiger partial charge in [-0.25, -0.2) is 0 Å². The number of Topliss-reactive ketones (excluding diaryl/α,β-unsaturated/α-hetero) is 1. The van der Waals surface area contributed by atoms with Crippen molar-refractivity contribution in [2.75, 3.05) is 0 Å². The van der Waals surface area contributed by atoms with Crippen LogP contribution in [0.25, 0.3) is 0 Å². The molecule has 0 N–H and O–H groups in total. The van der Waals surface area contributed by atoms with Crippen LogP contribution in [-0.4, -0.2) is 36.7 Å². The average Bonchev–Trinajstić information content (AvgIpc) is 3.13. The van der Waals surface area contributed by atoms with Gasteiger partial charge in [-0.15, -0.1) is 0 Å². The molecule has 1 aromatic rings. The van der Waals surface area contributed by atoms with Crippen LogP contribution < -0.4 is 0 Å². The van der Waals surface area contributed by atoms with E-state index in [9.17, 15) is 4.79 Å². The van der Waals surface area contributed by atoms with Gasteiger partial charge >= 0.3 is 0 Å². The molecule has 0 aromatic heterocycles. The van der Waals surface area contributed by atoms with Gasteiger partial charge in [0, 0.05) is 17.4 Å². The van der Waals surface area contributed by atoms with Gasteiger partial charge in [0.15, 0.2) is 18.4 Å². The Balaban J connectivity index is 1.73. The minimum Gasteiger partial charge on any atom is -0.367 e. The Bertz CT molecular complexity index is 605. The fourth-order valence-electron chi connectivity index (χ4n) is 3.14. The summed E-state index contributed by atoms with van der Waals surface area (Å²) in [6, 6.07) is 7.50. The van der Waals surface area contributed by atoms with Gasteiger partial charge in [0.25, 0.3) is 0 Å². The van der Waals surface area contributed by atoms with Crippen LogP contribution in [0.4, 0.5) is 0 Å². The Morgan fingerprint density at radius 2 is 2.00 bits per heavy atom. The molecule has 3 rings (SSSR count). The zero-order valence-electron chi connectivity index (χ0n) is 14.8. The molecule has 138 valence electrons. The number of fused-ring (bicyclic) bond motifs is 1. The topological polar surface area (TPSA) is 54.0 Å². The summed E-state index contributed by atoms with van der Waals surface area (Å²) < 4.78 is 23.7. The molecule has 2 aliphatic heterocycles. The molecule has 25 heavy (non-hydrogen) atoms. The summed E-state index contributed by atoms with van der Waals surface area (Å²) in [6.45, 7) is 6.30. The summed E-state index contributed by atoms with van der Waals surface area (Å²) in [5, 5.41) is 0.637. The van der Waals surface area contributed by atoms with Crippen molar-refractivity contribution in [1.82, 2.24) is 0 Å². The molecule has 0 spiro atoms. The van der Waals surface area contributed by atoms with Crippen molar-refractivity contribution in [3.63, 3.8) is 0 Å². The van der Waals surface area contributed by atoms with Crippen molar-refractivity contribution >= 4 is 17.4 Å². The van der Waals surface area contributed by atoms with E-state index in [0.717, 1.165) is 12.0 Å². The van der Waals surface area contributed by atoms with E-state index >= 15 is 0 Å². The summed E-state index contributed by atoms with van der Waals surface area (Å²) in [6.07, 6.45) is -1.25. The highest BCUT2D eigenvalue weighted by molar-refractivity contribution is 6.31. The Morgan fingerprint density at radius 3 is 2.68 bits per heavy atom. The van der Waals surface area contributed by atoms with Crippen LogP contribution >= 0.6 is 11.6 Å². The van der Waals surface area contributed by atoms with Crippen LogP contribution in [0.3, 0.4) is 0 Å². The van der Waals surface area contributed by atoms with Gasteiger partial charge < -0.3 is 18.9 Å². The van der Waals surface area contributed by atoms with Crippen molar-refractivity contribution in [1.29, 1.82) is 0 Å². The van der Waals surface area contributed by atoms with Gasteiger partial charge in [-0.05, 0) is 18.1 Å². The summed E-state index contributed by atoms with van der Waals surface area (Å²) >= 11 is 6.20. The van der Waals surface area contributed by atoms with Crippen LogP contribution in [0.2, 0.25) is 5.02 Å². The SMILES string of the molecule is CCCC(=O)[C@H]1O[C@@H]2OC(C(C)C)O[C@@H]2[C@H]1OCc1ccccc1Cl. The Morgan fingerprint density at radius 1 is 1.24 bits per heavy atom. The first-order chi connectivity index (χ1) is 12.0. The smallest absolute Gasteiger partial charge is 0.190 e. The molecule has 0 aliphatic carbocycles. The van der Waals surface area contributed by atoms with Gasteiger partial charge in [-0.2, -0.15) is 0 Å². The number of hydrogen-bond acceptors (Lipinski definition) is 5. The first-order valence-corrected chi connectivity index (χ1v) is 9.23. The molecule has 5 atom stereocenters. The van der Waals surface area contributed by atoms with E-state index in [4.69, 9.17) is 30.5 Å². The second kappa shape index (κ2) is 8.14. The number of rotatable bonds is 7. The van der Waals surface area contributed by atoms with E-state index < -0.39 is 24.6 Å². The second-order valence-corrected chi connectivity index (χ2v) is 7.26. The lowest BCUT2D eigenvalue weighted by molar-refractivity contribution is -0.190. The molecule has 1 unspecified atom stereocenters. The maximum absolute atomic E-state index is 12.4. The molecule has 5 nitrogen and oxygen atoms in total. The highest BCUT2D eigenvalue weighted by Crippen LogP contribution is 2.37. The number of benzene rings is 1. The largest absolute Gasteiger partial charge is 0.367 e. The first kappa shape index (κ1) is 18.8. The zero-order valence-corrected chi connectivity index (χ0v) is 15.6. The third-order valence-corrected chi connectivity index (χ3v) is 4.85. The Hall–Kier alpha value is -0.980. The lowest BCUT2D eigenvalue weighted by atomic mass is 10.0. The minimum absolute atomic E-state index is 0.0226. The van der Waals surface area contributed by atoms with Crippen LogP contribution in [0.1, 0.15) is 39.2 Å². The normalized spacial score (nSPS) is 31.5. The van der Waals surface area contributed by atoms with Crippen molar-refractivity contribution in [2.24, 2.45) is 5.92 Å². The number of ketones is 1. The fourth-order valence-corrected chi connectivity index (χ4v) is 3.33. The van der Waals surface area contributed by atoms with E-state index in [1.54, 1.807) is 0 Å². The summed E-state index contributed by atoms with van der Waals surface area (Å²) in [5.41, 5.74) is 0.869. The lowest BCUT2D eigenvalue weighted by Gasteiger charge is -2.24. The lowest BCUT2D eigenvalue weighted by Crippen LogP contribution is -2.39. The second-order valence-electron chi connectivity index (χ2n) is 6.86. The standard InChI is InChI=1S/C19H25ClO5/c1-4-7-14(21)15-16(22-10-12-8-5-6-9-13(12)20)17-19(23-15)25-18(24-17)11(2)3/h5-6,8-9,11,15-19H,4,7,10H2,1-3H3/t15-,16+,17-,18?,19-/m1/s1. The molecule has 0 saturated carbocycles. The molecule has 6 heteroatoms. The van der Waals surface area contributed by atoms with Gasteiger partial charge in [0.05, 0.1) is 6.61 Å². The first-order valence-electron chi connectivity index (χ1n) is 8.85. The summed E-state index contributed by atoms with van der Waals surface area (Å²) in [7, 11) is 0. The maximum atomic E-state index is 12.4. The van der Waals surface area contributed by atoms with Crippen LogP contribution in [-0.2, 0) is 30.3 Å². The molecule has 0 amide bonds. The van der Waals surface area contributed by atoms with Crippen LogP contribution in [0.5, 0.6) is 0 Å². The van der Waals surface area contributed by atoms with E-state index in [2.05, 4.69) is 0 Å². The van der Waals surface area contributed by atoms with Gasteiger partial charge in [0.1, 0.15) is 18.3 Å². The van der Waals surface area contributed by atoms with E-state index in [-0.39, 0.29) is 18.0 Å². The van der Waals surface area contributed by atoms with E-state index in [0.29, 0.717) is 18.1 Å². The fraction of sp³-hybridized carbons (Fsp3) is 0.632.